The van der Waals surface area contributed by atoms with Crippen LogP contribution < -0.4 is 20.7 Å². The quantitative estimate of drug-likeness (QED) is 0.644. The Bertz CT molecular complexity index is 570. The number of rotatable bonds is 5. The maximum atomic E-state index is 5.72. The van der Waals surface area contributed by atoms with Gasteiger partial charge in [-0.05, 0) is 36.8 Å². The highest BCUT2D eigenvalue weighted by atomic mass is 16.5. The molecule has 0 aliphatic carbocycles. The van der Waals surface area contributed by atoms with Crippen LogP contribution in [0.25, 0.3) is 0 Å². The van der Waals surface area contributed by atoms with Gasteiger partial charge in [0.2, 0.25) is 0 Å². The molecule has 0 spiro atoms. The lowest BCUT2D eigenvalue weighted by Gasteiger charge is -2.20. The van der Waals surface area contributed by atoms with Gasteiger partial charge in [-0.1, -0.05) is 6.07 Å². The lowest BCUT2D eigenvalue weighted by Crippen LogP contribution is -2.29. The zero-order valence-electron chi connectivity index (χ0n) is 11.9. The molecule has 0 aliphatic rings. The van der Waals surface area contributed by atoms with E-state index in [0.29, 0.717) is 0 Å². The monoisotopic (exact) mass is 273 g/mol. The van der Waals surface area contributed by atoms with E-state index in [2.05, 4.69) is 10.4 Å². The fourth-order valence-electron chi connectivity index (χ4n) is 2.08. The Hall–Kier alpha value is -2.11. The Labute approximate surface area is 118 Å². The number of hydrogen-bond donors (Lipinski definition) is 2. The molecular formula is C15H19N3O2. The summed E-state index contributed by atoms with van der Waals surface area (Å²) >= 11 is 0. The fourth-order valence-corrected chi connectivity index (χ4v) is 2.08. The van der Waals surface area contributed by atoms with E-state index in [4.69, 9.17) is 15.3 Å². The average Bonchev–Trinajstić information content (AvgIpc) is 2.49. The number of methoxy groups -OCH3 is 2. The van der Waals surface area contributed by atoms with Crippen molar-refractivity contribution in [3.8, 4) is 11.5 Å². The van der Waals surface area contributed by atoms with Gasteiger partial charge in [-0.3, -0.25) is 10.8 Å². The standard InChI is InChI=1S/C15H19N3O2/c1-10-4-5-11(9-17-10)15(18-16)13-8-12(19-2)6-7-14(13)20-3/h4-9,15,18H,16H2,1-3H3. The minimum Gasteiger partial charge on any atom is -0.497 e. The van der Waals surface area contributed by atoms with Crippen LogP contribution >= 0.6 is 0 Å². The summed E-state index contributed by atoms with van der Waals surface area (Å²) in [5.74, 6) is 7.21. The third-order valence-corrected chi connectivity index (χ3v) is 3.18. The number of aryl methyl sites for hydroxylation is 1. The molecule has 0 radical (unpaired) electrons. The molecule has 0 fully saturated rings. The van der Waals surface area contributed by atoms with E-state index >= 15 is 0 Å². The molecule has 2 aromatic rings. The van der Waals surface area contributed by atoms with Gasteiger partial charge < -0.3 is 9.47 Å². The third-order valence-electron chi connectivity index (χ3n) is 3.18. The van der Waals surface area contributed by atoms with Crippen LogP contribution in [0.3, 0.4) is 0 Å². The van der Waals surface area contributed by atoms with Crippen molar-refractivity contribution in [1.82, 2.24) is 10.4 Å². The Balaban J connectivity index is 2.47. The molecule has 1 aromatic carbocycles. The zero-order valence-corrected chi connectivity index (χ0v) is 11.9. The summed E-state index contributed by atoms with van der Waals surface area (Å²) in [4.78, 5) is 4.30. The highest BCUT2D eigenvalue weighted by molar-refractivity contribution is 5.45. The average molecular weight is 273 g/mol. The second-order valence-corrected chi connectivity index (χ2v) is 4.44. The first-order valence-electron chi connectivity index (χ1n) is 6.30. The molecule has 1 atom stereocenters. The molecule has 0 aliphatic heterocycles. The first-order valence-corrected chi connectivity index (χ1v) is 6.30. The van der Waals surface area contributed by atoms with E-state index in [9.17, 15) is 0 Å². The molecule has 3 N–H and O–H groups in total. The number of hydrogen-bond acceptors (Lipinski definition) is 5. The highest BCUT2D eigenvalue weighted by Gasteiger charge is 2.18. The van der Waals surface area contributed by atoms with Crippen molar-refractivity contribution in [2.75, 3.05) is 14.2 Å². The maximum absolute atomic E-state index is 5.72. The molecule has 5 nitrogen and oxygen atoms in total. The zero-order chi connectivity index (χ0) is 14.5. The molecule has 0 bridgehead atoms. The molecule has 106 valence electrons. The number of nitrogens with zero attached hydrogens (tertiary/aromatic N) is 1. The number of ether oxygens (including phenoxy) is 2. The van der Waals surface area contributed by atoms with Crippen molar-refractivity contribution in [2.45, 2.75) is 13.0 Å². The number of pyridine rings is 1. The van der Waals surface area contributed by atoms with Crippen LogP contribution in [-0.2, 0) is 0 Å². The van der Waals surface area contributed by atoms with Crippen LogP contribution in [0.1, 0.15) is 22.9 Å². The van der Waals surface area contributed by atoms with Crippen LogP contribution in [0.5, 0.6) is 11.5 Å². The summed E-state index contributed by atoms with van der Waals surface area (Å²) in [6.07, 6.45) is 1.80. The van der Waals surface area contributed by atoms with Gasteiger partial charge in [0.15, 0.2) is 0 Å². The van der Waals surface area contributed by atoms with Gasteiger partial charge >= 0.3 is 0 Å². The minimum atomic E-state index is -0.215. The van der Waals surface area contributed by atoms with E-state index in [0.717, 1.165) is 28.3 Å². The predicted molar refractivity (Wildman–Crippen MR) is 77.7 cm³/mol. The maximum Gasteiger partial charge on any atom is 0.124 e. The van der Waals surface area contributed by atoms with E-state index in [1.807, 2.05) is 37.3 Å². The minimum absolute atomic E-state index is 0.215. The van der Waals surface area contributed by atoms with Crippen molar-refractivity contribution in [1.29, 1.82) is 0 Å². The van der Waals surface area contributed by atoms with Crippen molar-refractivity contribution < 1.29 is 9.47 Å². The van der Waals surface area contributed by atoms with Gasteiger partial charge in [-0.25, -0.2) is 5.43 Å². The largest absolute Gasteiger partial charge is 0.497 e. The van der Waals surface area contributed by atoms with Gasteiger partial charge in [-0.2, -0.15) is 0 Å². The predicted octanol–water partition coefficient (Wildman–Crippen LogP) is 1.96. The summed E-state index contributed by atoms with van der Waals surface area (Å²) < 4.78 is 10.7. The van der Waals surface area contributed by atoms with Gasteiger partial charge in [-0.15, -0.1) is 0 Å². The lowest BCUT2D eigenvalue weighted by molar-refractivity contribution is 0.394. The van der Waals surface area contributed by atoms with E-state index in [1.165, 1.54) is 0 Å². The summed E-state index contributed by atoms with van der Waals surface area (Å²) in [7, 11) is 3.26. The Morgan fingerprint density at radius 2 is 1.95 bits per heavy atom. The van der Waals surface area contributed by atoms with E-state index in [1.54, 1.807) is 20.4 Å². The molecule has 20 heavy (non-hydrogen) atoms. The van der Waals surface area contributed by atoms with Gasteiger partial charge in [0.25, 0.3) is 0 Å². The molecule has 0 saturated carbocycles. The molecule has 1 heterocycles. The fraction of sp³-hybridized carbons (Fsp3) is 0.267. The van der Waals surface area contributed by atoms with Crippen molar-refractivity contribution in [3.63, 3.8) is 0 Å². The SMILES string of the molecule is COc1ccc(OC)c(C(NN)c2ccc(C)nc2)c1. The Morgan fingerprint density at radius 1 is 1.15 bits per heavy atom. The molecule has 2 rings (SSSR count). The van der Waals surface area contributed by atoms with Gasteiger partial charge in [0.05, 0.1) is 20.3 Å². The highest BCUT2D eigenvalue weighted by Crippen LogP contribution is 2.32. The second-order valence-electron chi connectivity index (χ2n) is 4.44. The van der Waals surface area contributed by atoms with Crippen LogP contribution in [0.15, 0.2) is 36.5 Å². The topological polar surface area (TPSA) is 69.4 Å². The van der Waals surface area contributed by atoms with Crippen LogP contribution in [0.2, 0.25) is 0 Å². The summed E-state index contributed by atoms with van der Waals surface area (Å²) in [5.41, 5.74) is 5.63. The lowest BCUT2D eigenvalue weighted by atomic mass is 9.99. The smallest absolute Gasteiger partial charge is 0.124 e. The molecule has 5 heteroatoms. The van der Waals surface area contributed by atoms with E-state index in [-0.39, 0.29) is 6.04 Å². The first kappa shape index (κ1) is 14.3. The number of aromatic nitrogens is 1. The molecule has 0 saturated heterocycles. The van der Waals surface area contributed by atoms with Gasteiger partial charge in [0, 0.05) is 17.5 Å². The summed E-state index contributed by atoms with van der Waals surface area (Å²) in [6.45, 7) is 1.95. The summed E-state index contributed by atoms with van der Waals surface area (Å²) in [6, 6.07) is 9.35. The number of nitrogens with two attached hydrogens (primary N) is 1. The van der Waals surface area contributed by atoms with Crippen molar-refractivity contribution >= 4 is 0 Å². The van der Waals surface area contributed by atoms with Crippen molar-refractivity contribution in [3.05, 3.63) is 53.3 Å². The number of hydrazine groups is 1. The molecule has 0 amide bonds. The van der Waals surface area contributed by atoms with Crippen LogP contribution in [0, 0.1) is 6.92 Å². The molecular weight excluding hydrogens is 254 g/mol. The second kappa shape index (κ2) is 6.36. The van der Waals surface area contributed by atoms with E-state index < -0.39 is 0 Å². The summed E-state index contributed by atoms with van der Waals surface area (Å²) in [5, 5.41) is 0. The van der Waals surface area contributed by atoms with Crippen LogP contribution in [0.4, 0.5) is 0 Å². The Kier molecular flexibility index (Phi) is 4.55. The Morgan fingerprint density at radius 3 is 2.50 bits per heavy atom. The van der Waals surface area contributed by atoms with Crippen molar-refractivity contribution in [2.24, 2.45) is 5.84 Å². The number of nitrogens with one attached hydrogen (secondary N) is 1. The first-order chi connectivity index (χ1) is 9.69. The molecule has 1 aromatic heterocycles. The normalized spacial score (nSPS) is 12.0. The number of benzene rings is 1. The third kappa shape index (κ3) is 2.89. The van der Waals surface area contributed by atoms with Gasteiger partial charge in [0.1, 0.15) is 11.5 Å². The van der Waals surface area contributed by atoms with Crippen LogP contribution in [-0.4, -0.2) is 19.2 Å². The molecule has 1 unspecified atom stereocenters.